The van der Waals surface area contributed by atoms with Crippen LogP contribution in [0, 0.1) is 0 Å². The quantitative estimate of drug-likeness (QED) is 0.268. The zero-order valence-corrected chi connectivity index (χ0v) is 17.3. The van der Waals surface area contributed by atoms with Crippen molar-refractivity contribution in [2.45, 2.75) is 0 Å². The summed E-state index contributed by atoms with van der Waals surface area (Å²) in [7, 11) is 0. The van der Waals surface area contributed by atoms with E-state index in [1.165, 1.54) is 0 Å². The fourth-order valence-electron chi connectivity index (χ4n) is 4.23. The first-order valence-electron chi connectivity index (χ1n) is 10.2. The van der Waals surface area contributed by atoms with Gasteiger partial charge in [-0.1, -0.05) is 90.5 Å². The van der Waals surface area contributed by atoms with E-state index < -0.39 is 0 Å². The van der Waals surface area contributed by atoms with E-state index in [1.807, 2.05) is 54.6 Å². The van der Waals surface area contributed by atoms with Gasteiger partial charge in [0, 0.05) is 32.3 Å². The molecule has 2 heterocycles. The van der Waals surface area contributed by atoms with Gasteiger partial charge >= 0.3 is 0 Å². The van der Waals surface area contributed by atoms with E-state index in [0.717, 1.165) is 55.1 Å². The maximum absolute atomic E-state index is 6.36. The highest BCUT2D eigenvalue weighted by atomic mass is 35.5. The van der Waals surface area contributed by atoms with Gasteiger partial charge in [-0.2, -0.15) is 0 Å². The Kier molecular flexibility index (Phi) is 4.19. The van der Waals surface area contributed by atoms with Crippen LogP contribution in [0.25, 0.3) is 55.1 Å². The zero-order chi connectivity index (χ0) is 20.8. The first-order valence-corrected chi connectivity index (χ1v) is 10.6. The van der Waals surface area contributed by atoms with Crippen molar-refractivity contribution in [1.82, 2.24) is 9.97 Å². The van der Waals surface area contributed by atoms with E-state index in [2.05, 4.69) is 48.5 Å². The molecule has 0 aliphatic rings. The highest BCUT2D eigenvalue weighted by Gasteiger charge is 2.15. The lowest BCUT2D eigenvalue weighted by atomic mass is 9.97. The molecule has 31 heavy (non-hydrogen) atoms. The van der Waals surface area contributed by atoms with E-state index in [0.29, 0.717) is 5.02 Å². The summed E-state index contributed by atoms with van der Waals surface area (Å²) in [6.07, 6.45) is 0. The third kappa shape index (κ3) is 3.04. The molecular weight excluding hydrogens is 400 g/mol. The molecule has 0 aliphatic heterocycles. The summed E-state index contributed by atoms with van der Waals surface area (Å²) in [6, 6.07) is 35.0. The maximum atomic E-state index is 6.36. The summed E-state index contributed by atoms with van der Waals surface area (Å²) in [4.78, 5) is 10.2. The molecule has 0 N–H and O–H groups in total. The minimum atomic E-state index is 0.703. The number of nitrogens with zero attached hydrogens (tertiary/aromatic N) is 2. The molecule has 0 atom stereocenters. The number of rotatable bonds is 2. The first-order chi connectivity index (χ1) is 15.3. The number of aromatic nitrogens is 2. The fraction of sp³-hybridized carbons (Fsp3) is 0. The van der Waals surface area contributed by atoms with E-state index in [9.17, 15) is 0 Å². The number of hydrogen-bond donors (Lipinski definition) is 0. The molecular formula is C28H17ClN2. The Labute approximate surface area is 184 Å². The number of fused-ring (bicyclic) bond motifs is 5. The largest absolute Gasteiger partial charge is 0.247 e. The Hall–Kier alpha value is -3.75. The van der Waals surface area contributed by atoms with Crippen LogP contribution >= 0.6 is 11.6 Å². The molecule has 0 amide bonds. The molecule has 0 radical (unpaired) electrons. The smallest absolute Gasteiger partial charge is 0.0810 e. The second kappa shape index (κ2) is 7.19. The van der Waals surface area contributed by atoms with E-state index in [-0.39, 0.29) is 0 Å². The van der Waals surface area contributed by atoms with Crippen LogP contribution in [-0.4, -0.2) is 9.97 Å². The summed E-state index contributed by atoms with van der Waals surface area (Å²) in [5.74, 6) is 0. The van der Waals surface area contributed by atoms with Gasteiger partial charge < -0.3 is 0 Å². The summed E-state index contributed by atoms with van der Waals surface area (Å²) >= 11 is 6.36. The predicted molar refractivity (Wildman–Crippen MR) is 130 cm³/mol. The number of hydrogen-bond acceptors (Lipinski definition) is 2. The molecule has 6 rings (SSSR count). The Balaban J connectivity index is 1.79. The fourth-order valence-corrected chi connectivity index (χ4v) is 4.40. The molecule has 0 saturated heterocycles. The standard InChI is InChI=1S/C28H17ClN2/c29-21-13-16-25-23(17-21)22-14-11-20-12-15-24(18-7-3-1-4-8-18)30-28(20)26(22)27(31-25)19-9-5-2-6-10-19/h1-17H. The van der Waals surface area contributed by atoms with Crippen molar-refractivity contribution in [2.24, 2.45) is 0 Å². The Morgan fingerprint density at radius 1 is 0.581 bits per heavy atom. The summed E-state index contributed by atoms with van der Waals surface area (Å²) in [6.45, 7) is 0. The maximum Gasteiger partial charge on any atom is 0.0810 e. The van der Waals surface area contributed by atoms with E-state index >= 15 is 0 Å². The van der Waals surface area contributed by atoms with Crippen LogP contribution < -0.4 is 0 Å². The molecule has 0 saturated carbocycles. The topological polar surface area (TPSA) is 25.8 Å². The molecule has 2 aromatic heterocycles. The third-order valence-electron chi connectivity index (χ3n) is 5.70. The highest BCUT2D eigenvalue weighted by molar-refractivity contribution is 6.32. The lowest BCUT2D eigenvalue weighted by molar-refractivity contribution is 1.39. The molecule has 2 nitrogen and oxygen atoms in total. The molecule has 0 spiro atoms. The second-order valence-electron chi connectivity index (χ2n) is 7.61. The van der Waals surface area contributed by atoms with Crippen LogP contribution in [0.1, 0.15) is 0 Å². The van der Waals surface area contributed by atoms with Gasteiger partial charge in [-0.15, -0.1) is 0 Å². The Bertz CT molecular complexity index is 1580. The monoisotopic (exact) mass is 416 g/mol. The SMILES string of the molecule is Clc1ccc2nc(-c3ccccc3)c3c(ccc4ccc(-c5ccccc5)nc43)c2c1. The van der Waals surface area contributed by atoms with Crippen LogP contribution in [0.3, 0.4) is 0 Å². The van der Waals surface area contributed by atoms with Crippen molar-refractivity contribution in [2.75, 3.05) is 0 Å². The minimum absolute atomic E-state index is 0.703. The average molecular weight is 417 g/mol. The van der Waals surface area contributed by atoms with Crippen LogP contribution in [0.15, 0.2) is 103 Å². The van der Waals surface area contributed by atoms with Crippen molar-refractivity contribution in [3.05, 3.63) is 108 Å². The first kappa shape index (κ1) is 18.1. The van der Waals surface area contributed by atoms with Gasteiger partial charge in [0.2, 0.25) is 0 Å². The predicted octanol–water partition coefficient (Wildman–Crippen LogP) is 7.92. The van der Waals surface area contributed by atoms with E-state index in [4.69, 9.17) is 21.6 Å². The van der Waals surface area contributed by atoms with Gasteiger partial charge in [-0.3, -0.25) is 0 Å². The lowest BCUT2D eigenvalue weighted by Gasteiger charge is -2.13. The average Bonchev–Trinajstić information content (AvgIpc) is 2.84. The second-order valence-corrected chi connectivity index (χ2v) is 8.05. The molecule has 146 valence electrons. The number of benzene rings is 4. The van der Waals surface area contributed by atoms with Crippen LogP contribution in [0.5, 0.6) is 0 Å². The van der Waals surface area contributed by atoms with Crippen molar-refractivity contribution in [1.29, 1.82) is 0 Å². The highest BCUT2D eigenvalue weighted by Crippen LogP contribution is 2.38. The van der Waals surface area contributed by atoms with Crippen molar-refractivity contribution < 1.29 is 0 Å². The van der Waals surface area contributed by atoms with Crippen molar-refractivity contribution >= 4 is 44.2 Å². The summed E-state index contributed by atoms with van der Waals surface area (Å²) in [5, 5.41) is 4.99. The number of pyridine rings is 2. The van der Waals surface area contributed by atoms with Gasteiger partial charge in [0.05, 0.1) is 22.4 Å². The van der Waals surface area contributed by atoms with Crippen LogP contribution in [0.2, 0.25) is 5.02 Å². The molecule has 0 aliphatic carbocycles. The molecule has 0 unspecified atom stereocenters. The zero-order valence-electron chi connectivity index (χ0n) is 16.6. The lowest BCUT2D eigenvalue weighted by Crippen LogP contribution is -1.93. The van der Waals surface area contributed by atoms with Crippen molar-refractivity contribution in [3.8, 4) is 22.5 Å². The normalized spacial score (nSPS) is 11.4. The Morgan fingerprint density at radius 2 is 1.29 bits per heavy atom. The Morgan fingerprint density at radius 3 is 2.06 bits per heavy atom. The van der Waals surface area contributed by atoms with Crippen LogP contribution in [-0.2, 0) is 0 Å². The molecule has 0 fully saturated rings. The van der Waals surface area contributed by atoms with Gasteiger partial charge in [-0.25, -0.2) is 9.97 Å². The molecule has 3 heteroatoms. The van der Waals surface area contributed by atoms with Crippen molar-refractivity contribution in [3.63, 3.8) is 0 Å². The summed E-state index contributed by atoms with van der Waals surface area (Å²) in [5.41, 5.74) is 5.93. The van der Waals surface area contributed by atoms with E-state index in [1.54, 1.807) is 0 Å². The molecule has 6 aromatic rings. The van der Waals surface area contributed by atoms with Gasteiger partial charge in [0.15, 0.2) is 0 Å². The van der Waals surface area contributed by atoms with Crippen LogP contribution in [0.4, 0.5) is 0 Å². The number of halogens is 1. The molecule has 0 bridgehead atoms. The van der Waals surface area contributed by atoms with Gasteiger partial charge in [0.25, 0.3) is 0 Å². The summed E-state index contributed by atoms with van der Waals surface area (Å²) < 4.78 is 0. The minimum Gasteiger partial charge on any atom is -0.247 e. The van der Waals surface area contributed by atoms with Gasteiger partial charge in [-0.05, 0) is 29.7 Å². The molecule has 4 aromatic carbocycles. The van der Waals surface area contributed by atoms with Gasteiger partial charge in [0.1, 0.15) is 0 Å². The third-order valence-corrected chi connectivity index (χ3v) is 5.93.